The van der Waals surface area contributed by atoms with Crippen molar-refractivity contribution in [1.29, 1.82) is 0 Å². The van der Waals surface area contributed by atoms with Gasteiger partial charge in [-0.1, -0.05) is 20.3 Å². The molecule has 2 unspecified atom stereocenters. The van der Waals surface area contributed by atoms with Crippen molar-refractivity contribution in [2.45, 2.75) is 71.9 Å². The van der Waals surface area contributed by atoms with Crippen molar-refractivity contribution in [3.05, 3.63) is 0 Å². The van der Waals surface area contributed by atoms with Crippen LogP contribution in [0.2, 0.25) is 0 Å². The number of hydrogen-bond donors (Lipinski definition) is 1. The molecule has 0 aromatic carbocycles. The Labute approximate surface area is 108 Å². The van der Waals surface area contributed by atoms with Gasteiger partial charge in [-0.15, -0.1) is 0 Å². The van der Waals surface area contributed by atoms with Crippen molar-refractivity contribution < 1.29 is 4.74 Å². The summed E-state index contributed by atoms with van der Waals surface area (Å²) in [5.74, 6) is 1.70. The van der Waals surface area contributed by atoms with E-state index in [0.717, 1.165) is 31.0 Å². The van der Waals surface area contributed by atoms with Crippen molar-refractivity contribution in [3.8, 4) is 0 Å². The van der Waals surface area contributed by atoms with Crippen molar-refractivity contribution in [3.63, 3.8) is 0 Å². The molecule has 1 fully saturated rings. The molecule has 1 rings (SSSR count). The van der Waals surface area contributed by atoms with Gasteiger partial charge in [0, 0.05) is 12.6 Å². The lowest BCUT2D eigenvalue weighted by molar-refractivity contribution is 0.0755. The van der Waals surface area contributed by atoms with Gasteiger partial charge >= 0.3 is 0 Å². The predicted molar refractivity (Wildman–Crippen MR) is 74.3 cm³/mol. The molecule has 2 nitrogen and oxygen atoms in total. The smallest absolute Gasteiger partial charge is 0.0518 e. The Bertz CT molecular complexity index is 183. The van der Waals surface area contributed by atoms with Gasteiger partial charge in [-0.05, 0) is 57.9 Å². The molecule has 0 aromatic rings. The van der Waals surface area contributed by atoms with Gasteiger partial charge in [0.05, 0.1) is 6.10 Å². The molecule has 1 N–H and O–H groups in total. The van der Waals surface area contributed by atoms with Gasteiger partial charge in [-0.2, -0.15) is 0 Å². The molecule has 0 amide bonds. The number of unbranched alkanes of at least 4 members (excludes halogenated alkanes) is 1. The van der Waals surface area contributed by atoms with Crippen LogP contribution in [0.25, 0.3) is 0 Å². The Morgan fingerprint density at radius 1 is 1.12 bits per heavy atom. The van der Waals surface area contributed by atoms with Crippen molar-refractivity contribution in [2.75, 3.05) is 13.2 Å². The van der Waals surface area contributed by atoms with Crippen LogP contribution < -0.4 is 5.32 Å². The summed E-state index contributed by atoms with van der Waals surface area (Å²) in [6.45, 7) is 11.1. The van der Waals surface area contributed by atoms with Gasteiger partial charge < -0.3 is 10.1 Å². The molecule has 1 aliphatic carbocycles. The largest absolute Gasteiger partial charge is 0.379 e. The zero-order valence-electron chi connectivity index (χ0n) is 12.2. The Kier molecular flexibility index (Phi) is 7.14. The lowest BCUT2D eigenvalue weighted by atomic mass is 9.79. The highest BCUT2D eigenvalue weighted by atomic mass is 16.5. The molecular formula is C15H31NO. The zero-order chi connectivity index (χ0) is 12.7. The van der Waals surface area contributed by atoms with Crippen LogP contribution in [-0.4, -0.2) is 25.3 Å². The van der Waals surface area contributed by atoms with Crippen LogP contribution in [0.1, 0.15) is 59.8 Å². The quantitative estimate of drug-likeness (QED) is 0.688. The van der Waals surface area contributed by atoms with Gasteiger partial charge in [0.15, 0.2) is 0 Å². The van der Waals surface area contributed by atoms with Gasteiger partial charge in [-0.25, -0.2) is 0 Å². The zero-order valence-corrected chi connectivity index (χ0v) is 12.2. The molecular weight excluding hydrogens is 210 g/mol. The van der Waals surface area contributed by atoms with E-state index in [9.17, 15) is 0 Å². The summed E-state index contributed by atoms with van der Waals surface area (Å²) in [6.07, 6.45) is 7.02. The van der Waals surface area contributed by atoms with E-state index >= 15 is 0 Å². The third kappa shape index (κ3) is 5.87. The maximum Gasteiger partial charge on any atom is 0.0518 e. The van der Waals surface area contributed by atoms with Crippen molar-refractivity contribution in [1.82, 2.24) is 5.32 Å². The fourth-order valence-electron chi connectivity index (χ4n) is 2.90. The minimum atomic E-state index is 0.376. The Balaban J connectivity index is 2.04. The van der Waals surface area contributed by atoms with Gasteiger partial charge in [-0.3, -0.25) is 0 Å². The number of nitrogens with one attached hydrogen (secondary N) is 1. The van der Waals surface area contributed by atoms with Crippen molar-refractivity contribution >= 4 is 0 Å². The van der Waals surface area contributed by atoms with Crippen LogP contribution in [-0.2, 0) is 4.74 Å². The molecule has 0 saturated heterocycles. The first-order valence-corrected chi connectivity index (χ1v) is 7.46. The number of rotatable bonds is 7. The summed E-state index contributed by atoms with van der Waals surface area (Å²) in [6, 6.07) is 0.745. The summed E-state index contributed by atoms with van der Waals surface area (Å²) >= 11 is 0. The molecule has 2 heteroatoms. The van der Waals surface area contributed by atoms with E-state index < -0.39 is 0 Å². The Morgan fingerprint density at radius 3 is 2.35 bits per heavy atom. The molecule has 0 aromatic heterocycles. The summed E-state index contributed by atoms with van der Waals surface area (Å²) in [4.78, 5) is 0. The third-order valence-corrected chi connectivity index (χ3v) is 3.95. The number of ether oxygens (including phenoxy) is 1. The summed E-state index contributed by atoms with van der Waals surface area (Å²) in [7, 11) is 0. The first-order valence-electron chi connectivity index (χ1n) is 7.46. The van der Waals surface area contributed by atoms with E-state index in [1.165, 1.54) is 32.1 Å². The third-order valence-electron chi connectivity index (χ3n) is 3.95. The van der Waals surface area contributed by atoms with Gasteiger partial charge in [0.1, 0.15) is 0 Å². The average Bonchev–Trinajstić information content (AvgIpc) is 2.26. The monoisotopic (exact) mass is 241 g/mol. The maximum atomic E-state index is 5.55. The summed E-state index contributed by atoms with van der Waals surface area (Å²) in [5.41, 5.74) is 0. The highest BCUT2D eigenvalue weighted by Gasteiger charge is 2.26. The van der Waals surface area contributed by atoms with Crippen LogP contribution in [0.3, 0.4) is 0 Å². The number of hydrogen-bond acceptors (Lipinski definition) is 2. The second kappa shape index (κ2) is 8.10. The summed E-state index contributed by atoms with van der Waals surface area (Å²) < 4.78 is 5.55. The van der Waals surface area contributed by atoms with E-state index in [1.807, 2.05) is 0 Å². The molecule has 102 valence electrons. The second-order valence-corrected chi connectivity index (χ2v) is 5.99. The minimum absolute atomic E-state index is 0.376. The highest BCUT2D eigenvalue weighted by molar-refractivity contribution is 4.83. The van der Waals surface area contributed by atoms with E-state index in [1.54, 1.807) is 0 Å². The molecule has 0 bridgehead atoms. The summed E-state index contributed by atoms with van der Waals surface area (Å²) in [5, 5.41) is 3.75. The topological polar surface area (TPSA) is 21.3 Å². The molecule has 2 atom stereocenters. The second-order valence-electron chi connectivity index (χ2n) is 5.99. The molecule has 1 saturated carbocycles. The lowest BCUT2D eigenvalue weighted by Gasteiger charge is -2.35. The minimum Gasteiger partial charge on any atom is -0.379 e. The Morgan fingerprint density at radius 2 is 1.76 bits per heavy atom. The molecule has 1 aliphatic rings. The average molecular weight is 241 g/mol. The first kappa shape index (κ1) is 15.0. The van der Waals surface area contributed by atoms with Crippen LogP contribution in [0.4, 0.5) is 0 Å². The lowest BCUT2D eigenvalue weighted by Crippen LogP contribution is -2.43. The normalized spacial score (nSPS) is 29.8. The van der Waals surface area contributed by atoms with E-state index in [2.05, 4.69) is 33.0 Å². The molecule has 0 aliphatic heterocycles. The van der Waals surface area contributed by atoms with Crippen LogP contribution in [0, 0.1) is 11.8 Å². The van der Waals surface area contributed by atoms with E-state index in [-0.39, 0.29) is 0 Å². The fraction of sp³-hybridized carbons (Fsp3) is 1.00. The molecule has 0 spiro atoms. The van der Waals surface area contributed by atoms with E-state index in [4.69, 9.17) is 4.74 Å². The van der Waals surface area contributed by atoms with Crippen molar-refractivity contribution in [2.24, 2.45) is 11.8 Å². The Hall–Kier alpha value is -0.0800. The van der Waals surface area contributed by atoms with E-state index in [0.29, 0.717) is 6.10 Å². The molecule has 0 radical (unpaired) electrons. The van der Waals surface area contributed by atoms with Gasteiger partial charge in [0.25, 0.3) is 0 Å². The highest BCUT2D eigenvalue weighted by Crippen LogP contribution is 2.28. The van der Waals surface area contributed by atoms with Crippen LogP contribution in [0.15, 0.2) is 0 Å². The van der Waals surface area contributed by atoms with Crippen LogP contribution >= 0.6 is 0 Å². The SMILES string of the molecule is CC(C)OCCCCNC1C(C)CCCC1C. The molecule has 17 heavy (non-hydrogen) atoms. The fourth-order valence-corrected chi connectivity index (χ4v) is 2.90. The first-order chi connectivity index (χ1) is 8.11. The predicted octanol–water partition coefficient (Wildman–Crippen LogP) is 3.61. The maximum absolute atomic E-state index is 5.55. The standard InChI is InChI=1S/C15H31NO/c1-12(2)17-11-6-5-10-16-15-13(3)8-7-9-14(15)4/h12-16H,5-11H2,1-4H3. The van der Waals surface area contributed by atoms with Crippen LogP contribution in [0.5, 0.6) is 0 Å². The molecule has 0 heterocycles. The van der Waals surface area contributed by atoms with Gasteiger partial charge in [0.2, 0.25) is 0 Å².